The van der Waals surface area contributed by atoms with Gasteiger partial charge in [0.1, 0.15) is 34.1 Å². The molecular weight excluding hydrogens is 541 g/mol. The lowest BCUT2D eigenvalue weighted by Gasteiger charge is -2.14. The van der Waals surface area contributed by atoms with E-state index in [2.05, 4.69) is 0 Å². The van der Waals surface area contributed by atoms with Crippen LogP contribution in [0.25, 0.3) is 22.1 Å². The molecule has 0 unspecified atom stereocenters. The summed E-state index contributed by atoms with van der Waals surface area (Å²) in [6.07, 6.45) is -5.07. The molecule has 41 heavy (non-hydrogen) atoms. The average Bonchev–Trinajstić information content (AvgIpc) is 2.98. The zero-order valence-corrected chi connectivity index (χ0v) is 21.7. The number of rotatable bonds is 7. The minimum atomic E-state index is -5.07. The van der Waals surface area contributed by atoms with Crippen molar-refractivity contribution < 1.29 is 41.3 Å². The third-order valence-corrected chi connectivity index (χ3v) is 6.10. The van der Waals surface area contributed by atoms with E-state index >= 15 is 0 Å². The summed E-state index contributed by atoms with van der Waals surface area (Å²) < 4.78 is 68.4. The molecule has 0 saturated carbocycles. The summed E-state index contributed by atoms with van der Waals surface area (Å²) in [5, 5.41) is -0.205. The van der Waals surface area contributed by atoms with E-state index in [9.17, 15) is 22.8 Å². The molecule has 0 aliphatic rings. The van der Waals surface area contributed by atoms with Crippen molar-refractivity contribution in [2.75, 3.05) is 14.2 Å². The van der Waals surface area contributed by atoms with Gasteiger partial charge in [-0.25, -0.2) is 4.79 Å². The van der Waals surface area contributed by atoms with Crippen LogP contribution >= 0.6 is 0 Å². The third-order valence-electron chi connectivity index (χ3n) is 6.10. The van der Waals surface area contributed by atoms with Crippen molar-refractivity contribution in [2.45, 2.75) is 6.18 Å². The standard InChI is InChI=1S/C31H21F3O7/c1-37-23-9-6-10-24(38-2)26(23)30(36)40-21-15-16-22-25(17-21)41-29(31(32,33)34)28(27(22)35)39-20-13-11-19(12-14-20)18-7-4-3-5-8-18/h3-17H,1-2H3. The van der Waals surface area contributed by atoms with Gasteiger partial charge in [-0.1, -0.05) is 48.5 Å². The quantitative estimate of drug-likeness (QED) is 0.150. The molecule has 1 aromatic heterocycles. The number of alkyl halides is 3. The summed E-state index contributed by atoms with van der Waals surface area (Å²) in [5.41, 5.74) is 0.187. The topological polar surface area (TPSA) is 84.2 Å². The van der Waals surface area contributed by atoms with E-state index in [1.54, 1.807) is 18.2 Å². The fourth-order valence-electron chi connectivity index (χ4n) is 4.17. The van der Waals surface area contributed by atoms with Crippen molar-refractivity contribution in [1.82, 2.24) is 0 Å². The van der Waals surface area contributed by atoms with Crippen LogP contribution in [0, 0.1) is 0 Å². The molecule has 10 heteroatoms. The molecule has 0 saturated heterocycles. The van der Waals surface area contributed by atoms with Gasteiger partial charge in [-0.05, 0) is 47.5 Å². The summed E-state index contributed by atoms with van der Waals surface area (Å²) >= 11 is 0. The number of methoxy groups -OCH3 is 2. The summed E-state index contributed by atoms with van der Waals surface area (Å²) in [4.78, 5) is 26.1. The van der Waals surface area contributed by atoms with Crippen molar-refractivity contribution in [3.63, 3.8) is 0 Å². The highest BCUT2D eigenvalue weighted by Crippen LogP contribution is 2.39. The van der Waals surface area contributed by atoms with Crippen LogP contribution in [0.2, 0.25) is 0 Å². The van der Waals surface area contributed by atoms with Gasteiger partial charge in [0, 0.05) is 6.07 Å². The second kappa shape index (κ2) is 11.1. The molecule has 0 aliphatic carbocycles. The van der Waals surface area contributed by atoms with Crippen LogP contribution in [-0.4, -0.2) is 20.2 Å². The normalized spacial score (nSPS) is 11.2. The van der Waals surface area contributed by atoms with Crippen molar-refractivity contribution in [1.29, 1.82) is 0 Å². The number of halogens is 3. The van der Waals surface area contributed by atoms with Crippen molar-refractivity contribution in [3.8, 4) is 39.9 Å². The molecule has 1 heterocycles. The number of fused-ring (bicyclic) bond motifs is 1. The third kappa shape index (κ3) is 5.58. The van der Waals surface area contributed by atoms with E-state index in [1.807, 2.05) is 30.3 Å². The predicted octanol–water partition coefficient (Wildman–Crippen LogP) is 7.51. The van der Waals surface area contributed by atoms with Crippen LogP contribution in [-0.2, 0) is 6.18 Å². The van der Waals surface area contributed by atoms with Crippen LogP contribution in [0.15, 0.2) is 100 Å². The molecule has 0 fully saturated rings. The zero-order valence-electron chi connectivity index (χ0n) is 21.7. The Hall–Kier alpha value is -5.25. The molecule has 4 aromatic carbocycles. The summed E-state index contributed by atoms with van der Waals surface area (Å²) in [5.74, 6) is -3.36. The van der Waals surface area contributed by atoms with Crippen molar-refractivity contribution in [2.24, 2.45) is 0 Å². The number of hydrogen-bond donors (Lipinski definition) is 0. The Morgan fingerprint density at radius 3 is 1.98 bits per heavy atom. The summed E-state index contributed by atoms with van der Waals surface area (Å²) in [7, 11) is 2.71. The molecule has 0 N–H and O–H groups in total. The van der Waals surface area contributed by atoms with E-state index in [4.69, 9.17) is 23.4 Å². The van der Waals surface area contributed by atoms with Crippen LogP contribution < -0.4 is 24.4 Å². The number of benzene rings is 4. The van der Waals surface area contributed by atoms with Crippen LogP contribution in [0.5, 0.6) is 28.7 Å². The maximum atomic E-state index is 14.0. The number of ether oxygens (including phenoxy) is 4. The number of carbonyl (C=O) groups is 1. The Morgan fingerprint density at radius 2 is 1.37 bits per heavy atom. The van der Waals surface area contributed by atoms with Gasteiger partial charge >= 0.3 is 12.1 Å². The van der Waals surface area contributed by atoms with Gasteiger partial charge in [0.2, 0.25) is 11.2 Å². The van der Waals surface area contributed by atoms with Crippen molar-refractivity contribution in [3.05, 3.63) is 113 Å². The predicted molar refractivity (Wildman–Crippen MR) is 144 cm³/mol. The highest BCUT2D eigenvalue weighted by atomic mass is 19.4. The summed E-state index contributed by atoms with van der Waals surface area (Å²) in [6.45, 7) is 0. The SMILES string of the molecule is COc1cccc(OC)c1C(=O)Oc1ccc2c(=O)c(Oc3ccc(-c4ccccc4)cc3)c(C(F)(F)F)oc2c1. The maximum Gasteiger partial charge on any atom is 0.453 e. The number of esters is 1. The van der Waals surface area contributed by atoms with E-state index in [-0.39, 0.29) is 33.9 Å². The Kier molecular flexibility index (Phi) is 7.39. The van der Waals surface area contributed by atoms with Gasteiger partial charge in [-0.3, -0.25) is 4.79 Å². The molecular formula is C31H21F3O7. The highest BCUT2D eigenvalue weighted by Gasteiger charge is 2.40. The van der Waals surface area contributed by atoms with Gasteiger partial charge in [0.25, 0.3) is 5.76 Å². The molecule has 208 valence electrons. The lowest BCUT2D eigenvalue weighted by atomic mass is 10.1. The molecule has 0 aliphatic heterocycles. The molecule has 0 radical (unpaired) electrons. The maximum absolute atomic E-state index is 14.0. The minimum Gasteiger partial charge on any atom is -0.496 e. The molecule has 5 rings (SSSR count). The molecule has 5 aromatic rings. The first kappa shape index (κ1) is 27.3. The van der Waals surface area contributed by atoms with Gasteiger partial charge in [-0.2, -0.15) is 13.2 Å². The van der Waals surface area contributed by atoms with Crippen molar-refractivity contribution >= 4 is 16.9 Å². The van der Waals surface area contributed by atoms with Gasteiger partial charge < -0.3 is 23.4 Å². The average molecular weight is 562 g/mol. The first-order valence-corrected chi connectivity index (χ1v) is 12.1. The monoisotopic (exact) mass is 562 g/mol. The molecule has 0 amide bonds. The fourth-order valence-corrected chi connectivity index (χ4v) is 4.17. The van der Waals surface area contributed by atoms with E-state index in [0.29, 0.717) is 0 Å². The molecule has 0 bridgehead atoms. The van der Waals surface area contributed by atoms with Gasteiger partial charge in [-0.15, -0.1) is 0 Å². The largest absolute Gasteiger partial charge is 0.496 e. The molecule has 7 nitrogen and oxygen atoms in total. The Bertz CT molecular complexity index is 1750. The van der Waals surface area contributed by atoms with Crippen LogP contribution in [0.4, 0.5) is 13.2 Å². The summed E-state index contributed by atoms with van der Waals surface area (Å²) in [6, 6.07) is 23.7. The van der Waals surface area contributed by atoms with E-state index in [1.165, 1.54) is 50.6 Å². The lowest BCUT2D eigenvalue weighted by molar-refractivity contribution is -0.154. The van der Waals surface area contributed by atoms with E-state index in [0.717, 1.165) is 17.2 Å². The Labute approximate surface area is 231 Å². The zero-order chi connectivity index (χ0) is 29.1. The second-order valence-electron chi connectivity index (χ2n) is 8.66. The fraction of sp³-hybridized carbons (Fsp3) is 0.0968. The minimum absolute atomic E-state index is 0.0122. The lowest BCUT2D eigenvalue weighted by Crippen LogP contribution is -2.16. The number of hydrogen-bond acceptors (Lipinski definition) is 7. The first-order valence-electron chi connectivity index (χ1n) is 12.1. The Morgan fingerprint density at radius 1 is 0.756 bits per heavy atom. The van der Waals surface area contributed by atoms with Gasteiger partial charge in [0.15, 0.2) is 0 Å². The second-order valence-corrected chi connectivity index (χ2v) is 8.66. The molecule has 0 spiro atoms. The van der Waals surface area contributed by atoms with Gasteiger partial charge in [0.05, 0.1) is 19.6 Å². The smallest absolute Gasteiger partial charge is 0.453 e. The highest BCUT2D eigenvalue weighted by molar-refractivity contribution is 5.97. The van der Waals surface area contributed by atoms with Crippen LogP contribution in [0.3, 0.4) is 0 Å². The number of carbonyl (C=O) groups excluding carboxylic acids is 1. The van der Waals surface area contributed by atoms with E-state index < -0.39 is 34.7 Å². The molecule has 0 atom stereocenters. The van der Waals surface area contributed by atoms with Crippen LogP contribution in [0.1, 0.15) is 16.1 Å². The Balaban J connectivity index is 1.50. The first-order chi connectivity index (χ1) is 19.7.